The lowest BCUT2D eigenvalue weighted by Gasteiger charge is -2.17. The first-order chi connectivity index (χ1) is 8.99. The van der Waals surface area contributed by atoms with E-state index in [0.717, 1.165) is 5.56 Å². The number of amides is 1. The number of carbonyl (C=O) groups is 2. The number of benzene rings is 1. The lowest BCUT2D eigenvalue weighted by molar-refractivity contribution is -0.142. The van der Waals surface area contributed by atoms with Crippen LogP contribution in [0.15, 0.2) is 30.3 Å². The van der Waals surface area contributed by atoms with E-state index < -0.39 is 0 Å². The van der Waals surface area contributed by atoms with Crippen molar-refractivity contribution in [3.63, 3.8) is 0 Å². The Morgan fingerprint density at radius 1 is 1.21 bits per heavy atom. The van der Waals surface area contributed by atoms with E-state index in [-0.39, 0.29) is 30.4 Å². The summed E-state index contributed by atoms with van der Waals surface area (Å²) in [6, 6.07) is 9.74. The molecule has 0 aliphatic carbocycles. The molecule has 0 unspecified atom stereocenters. The maximum absolute atomic E-state index is 11.8. The minimum atomic E-state index is -0.329. The summed E-state index contributed by atoms with van der Waals surface area (Å²) in [4.78, 5) is 22.8. The van der Waals surface area contributed by atoms with Gasteiger partial charge in [0.1, 0.15) is 0 Å². The van der Waals surface area contributed by atoms with Crippen LogP contribution in [0.25, 0.3) is 0 Å². The predicted octanol–water partition coefficient (Wildman–Crippen LogP) is 2.25. The molecule has 104 valence electrons. The Morgan fingerprint density at radius 2 is 1.84 bits per heavy atom. The first-order valence-corrected chi connectivity index (χ1v) is 6.46. The Kier molecular flexibility index (Phi) is 6.06. The molecular formula is C15H21NO3. The van der Waals surface area contributed by atoms with E-state index >= 15 is 0 Å². The summed E-state index contributed by atoms with van der Waals surface area (Å²) in [5.74, 6) is -0.468. The molecule has 4 heteroatoms. The van der Waals surface area contributed by atoms with E-state index in [1.165, 1.54) is 6.92 Å². The van der Waals surface area contributed by atoms with Gasteiger partial charge in [0.2, 0.25) is 5.91 Å². The molecule has 0 saturated carbocycles. The molecule has 1 aromatic carbocycles. The Bertz CT molecular complexity index is 415. The third-order valence-electron chi connectivity index (χ3n) is 2.64. The molecule has 0 bridgehead atoms. The fourth-order valence-electron chi connectivity index (χ4n) is 1.82. The minimum absolute atomic E-state index is 0.0315. The maximum Gasteiger partial charge on any atom is 0.302 e. The van der Waals surface area contributed by atoms with Crippen molar-refractivity contribution in [2.45, 2.75) is 39.2 Å². The summed E-state index contributed by atoms with van der Waals surface area (Å²) in [5, 5.41) is 2.85. The molecule has 1 N–H and O–H groups in total. The number of hydrogen-bond acceptors (Lipinski definition) is 3. The fraction of sp³-hybridized carbons (Fsp3) is 0.467. The molecule has 0 spiro atoms. The number of nitrogens with one attached hydrogen (secondary N) is 1. The molecule has 1 aromatic rings. The van der Waals surface area contributed by atoms with Gasteiger partial charge in [0.25, 0.3) is 0 Å². The summed E-state index contributed by atoms with van der Waals surface area (Å²) < 4.78 is 5.05. The lowest BCUT2D eigenvalue weighted by atomic mass is 9.96. The van der Waals surface area contributed by atoms with Crippen LogP contribution in [0.5, 0.6) is 0 Å². The number of esters is 1. The number of rotatable bonds is 6. The zero-order valence-electron chi connectivity index (χ0n) is 11.7. The minimum Gasteiger partial charge on any atom is -0.465 e. The van der Waals surface area contributed by atoms with Gasteiger partial charge < -0.3 is 10.1 Å². The van der Waals surface area contributed by atoms with Crippen molar-refractivity contribution in [2.75, 3.05) is 6.61 Å². The number of ether oxygens (including phenoxy) is 1. The topological polar surface area (TPSA) is 55.4 Å². The summed E-state index contributed by atoms with van der Waals surface area (Å²) >= 11 is 0. The van der Waals surface area contributed by atoms with Gasteiger partial charge in [0, 0.05) is 25.3 Å². The van der Waals surface area contributed by atoms with Crippen LogP contribution < -0.4 is 5.32 Å². The van der Waals surface area contributed by atoms with Gasteiger partial charge in [0.15, 0.2) is 0 Å². The molecular weight excluding hydrogens is 242 g/mol. The van der Waals surface area contributed by atoms with Crippen molar-refractivity contribution in [1.82, 2.24) is 5.32 Å². The van der Waals surface area contributed by atoms with Gasteiger partial charge >= 0.3 is 5.97 Å². The van der Waals surface area contributed by atoms with Crippen molar-refractivity contribution in [2.24, 2.45) is 0 Å². The number of hydrogen-bond donors (Lipinski definition) is 1. The predicted molar refractivity (Wildman–Crippen MR) is 73.7 cm³/mol. The zero-order chi connectivity index (χ0) is 14.3. The summed E-state index contributed by atoms with van der Waals surface area (Å²) in [6.45, 7) is 5.43. The van der Waals surface area contributed by atoms with Crippen LogP contribution in [0.2, 0.25) is 0 Å². The third kappa shape index (κ3) is 6.04. The molecule has 0 aromatic heterocycles. The summed E-state index contributed by atoms with van der Waals surface area (Å²) in [7, 11) is 0. The van der Waals surface area contributed by atoms with Crippen LogP contribution >= 0.6 is 0 Å². The zero-order valence-corrected chi connectivity index (χ0v) is 11.7. The quantitative estimate of drug-likeness (QED) is 0.801. The van der Waals surface area contributed by atoms with Crippen molar-refractivity contribution in [3.8, 4) is 0 Å². The lowest BCUT2D eigenvalue weighted by Crippen LogP contribution is -2.32. The molecule has 0 aliphatic rings. The van der Waals surface area contributed by atoms with Gasteiger partial charge in [-0.25, -0.2) is 0 Å². The van der Waals surface area contributed by atoms with E-state index in [2.05, 4.69) is 5.32 Å². The van der Waals surface area contributed by atoms with Gasteiger partial charge in [-0.2, -0.15) is 0 Å². The first kappa shape index (κ1) is 15.2. The van der Waals surface area contributed by atoms with Gasteiger partial charge in [-0.15, -0.1) is 0 Å². The second kappa shape index (κ2) is 7.56. The molecule has 1 rings (SSSR count). The Labute approximate surface area is 114 Å². The van der Waals surface area contributed by atoms with Gasteiger partial charge in [-0.05, 0) is 19.4 Å². The van der Waals surface area contributed by atoms with Crippen LogP contribution in [-0.4, -0.2) is 24.5 Å². The summed E-state index contributed by atoms with van der Waals surface area (Å²) in [6.07, 6.45) is 0.315. The normalized spacial score (nSPS) is 12.0. The van der Waals surface area contributed by atoms with Crippen molar-refractivity contribution in [1.29, 1.82) is 0 Å². The highest BCUT2D eigenvalue weighted by Gasteiger charge is 2.17. The Hall–Kier alpha value is -1.84. The van der Waals surface area contributed by atoms with Gasteiger partial charge in [-0.1, -0.05) is 30.3 Å². The molecule has 19 heavy (non-hydrogen) atoms. The van der Waals surface area contributed by atoms with Crippen LogP contribution in [0.4, 0.5) is 0 Å². The van der Waals surface area contributed by atoms with E-state index in [0.29, 0.717) is 6.42 Å². The van der Waals surface area contributed by atoms with E-state index in [9.17, 15) is 9.59 Å². The smallest absolute Gasteiger partial charge is 0.302 e. The van der Waals surface area contributed by atoms with Crippen LogP contribution in [-0.2, 0) is 14.3 Å². The van der Waals surface area contributed by atoms with Crippen molar-refractivity contribution in [3.05, 3.63) is 35.9 Å². The SMILES string of the molecule is CC(=O)OC[C@@H](CC(=O)NC(C)C)c1ccccc1. The second-order valence-electron chi connectivity index (χ2n) is 4.84. The second-order valence-corrected chi connectivity index (χ2v) is 4.84. The highest BCUT2D eigenvalue weighted by atomic mass is 16.5. The van der Waals surface area contributed by atoms with E-state index in [1.807, 2.05) is 44.2 Å². The fourth-order valence-corrected chi connectivity index (χ4v) is 1.82. The molecule has 4 nitrogen and oxygen atoms in total. The van der Waals surface area contributed by atoms with Crippen LogP contribution in [0.3, 0.4) is 0 Å². The van der Waals surface area contributed by atoms with Crippen LogP contribution in [0.1, 0.15) is 38.7 Å². The number of carbonyl (C=O) groups excluding carboxylic acids is 2. The van der Waals surface area contributed by atoms with Crippen LogP contribution in [0, 0.1) is 0 Å². The Morgan fingerprint density at radius 3 is 2.37 bits per heavy atom. The molecule has 0 fully saturated rings. The molecule has 0 heterocycles. The van der Waals surface area contributed by atoms with E-state index in [1.54, 1.807) is 0 Å². The largest absolute Gasteiger partial charge is 0.465 e. The maximum atomic E-state index is 11.8. The van der Waals surface area contributed by atoms with Gasteiger partial charge in [-0.3, -0.25) is 9.59 Å². The monoisotopic (exact) mass is 263 g/mol. The first-order valence-electron chi connectivity index (χ1n) is 6.46. The molecule has 0 aliphatic heterocycles. The highest BCUT2D eigenvalue weighted by molar-refractivity contribution is 5.77. The van der Waals surface area contributed by atoms with Crippen molar-refractivity contribution >= 4 is 11.9 Å². The van der Waals surface area contributed by atoms with E-state index in [4.69, 9.17) is 4.74 Å². The average molecular weight is 263 g/mol. The molecule has 1 atom stereocenters. The Balaban J connectivity index is 2.69. The molecule has 0 saturated heterocycles. The average Bonchev–Trinajstić information content (AvgIpc) is 2.34. The highest BCUT2D eigenvalue weighted by Crippen LogP contribution is 2.20. The van der Waals surface area contributed by atoms with Crippen molar-refractivity contribution < 1.29 is 14.3 Å². The molecule has 0 radical (unpaired) electrons. The molecule has 1 amide bonds. The standard InChI is InChI=1S/C15H21NO3/c1-11(2)16-15(18)9-14(10-19-12(3)17)13-7-5-4-6-8-13/h4-8,11,14H,9-10H2,1-3H3,(H,16,18)/t14-/m1/s1. The van der Waals surface area contributed by atoms with Gasteiger partial charge in [0.05, 0.1) is 6.61 Å². The third-order valence-corrected chi connectivity index (χ3v) is 2.64. The summed E-state index contributed by atoms with van der Waals surface area (Å²) in [5.41, 5.74) is 1.00.